The van der Waals surface area contributed by atoms with Crippen molar-refractivity contribution >= 4 is 5.91 Å². The van der Waals surface area contributed by atoms with E-state index in [1.165, 1.54) is 0 Å². The van der Waals surface area contributed by atoms with E-state index in [1.54, 1.807) is 12.0 Å². The second kappa shape index (κ2) is 4.40. The fourth-order valence-corrected chi connectivity index (χ4v) is 2.63. The maximum atomic E-state index is 12.2. The second-order valence-electron chi connectivity index (χ2n) is 4.68. The molecule has 2 rings (SSSR count). The first kappa shape index (κ1) is 12.0. The van der Waals surface area contributed by atoms with Gasteiger partial charge in [-0.25, -0.2) is 0 Å². The molecule has 1 fully saturated rings. The van der Waals surface area contributed by atoms with Crippen molar-refractivity contribution in [2.24, 2.45) is 5.41 Å². The van der Waals surface area contributed by atoms with E-state index in [0.29, 0.717) is 0 Å². The van der Waals surface area contributed by atoms with Gasteiger partial charge in [-0.15, -0.1) is 0 Å². The lowest BCUT2D eigenvalue weighted by Gasteiger charge is -2.41. The van der Waals surface area contributed by atoms with Crippen LogP contribution in [0.3, 0.4) is 0 Å². The molecule has 0 aromatic heterocycles. The van der Waals surface area contributed by atoms with Crippen LogP contribution in [0.25, 0.3) is 0 Å². The molecule has 17 heavy (non-hydrogen) atoms. The zero-order chi connectivity index (χ0) is 12.5. The van der Waals surface area contributed by atoms with E-state index >= 15 is 0 Å². The van der Waals surface area contributed by atoms with E-state index in [9.17, 15) is 4.79 Å². The predicted octanol–water partition coefficient (Wildman–Crippen LogP) is 2.27. The predicted molar refractivity (Wildman–Crippen MR) is 67.3 cm³/mol. The van der Waals surface area contributed by atoms with E-state index in [4.69, 9.17) is 4.74 Å². The van der Waals surface area contributed by atoms with E-state index in [2.05, 4.69) is 12.2 Å². The monoisotopic (exact) mass is 233 g/mol. The maximum absolute atomic E-state index is 12.2. The summed E-state index contributed by atoms with van der Waals surface area (Å²) < 4.78 is 5.20. The summed E-state index contributed by atoms with van der Waals surface area (Å²) >= 11 is 0. The Balaban J connectivity index is 2.31. The Kier molecular flexibility index (Phi) is 3.09. The summed E-state index contributed by atoms with van der Waals surface area (Å²) in [7, 11) is 3.53. The summed E-state index contributed by atoms with van der Waals surface area (Å²) in [6.45, 7) is 2.76. The lowest BCUT2D eigenvalue weighted by molar-refractivity contribution is -0.129. The molecule has 92 valence electrons. The molecular formula is C14H19NO2. The quantitative estimate of drug-likeness (QED) is 0.650. The molecular weight excluding hydrogens is 214 g/mol. The van der Waals surface area contributed by atoms with Gasteiger partial charge in [0.05, 0.1) is 7.11 Å². The highest BCUT2D eigenvalue weighted by atomic mass is 16.5. The van der Waals surface area contributed by atoms with E-state index in [0.717, 1.165) is 30.7 Å². The Hall–Kier alpha value is -1.51. The van der Waals surface area contributed by atoms with Crippen LogP contribution in [-0.4, -0.2) is 31.5 Å². The number of allylic oxidation sites excluding steroid dienone is 4. The molecule has 3 heteroatoms. The van der Waals surface area contributed by atoms with E-state index in [-0.39, 0.29) is 11.3 Å². The smallest absolute Gasteiger partial charge is 0.250 e. The number of hydrogen-bond donors (Lipinski definition) is 0. The van der Waals surface area contributed by atoms with Gasteiger partial charge in [0, 0.05) is 24.6 Å². The van der Waals surface area contributed by atoms with Crippen molar-refractivity contribution in [2.75, 3.05) is 20.7 Å². The molecule has 1 atom stereocenters. The van der Waals surface area contributed by atoms with Crippen molar-refractivity contribution in [3.8, 4) is 0 Å². The van der Waals surface area contributed by atoms with Crippen LogP contribution in [0.5, 0.6) is 0 Å². The van der Waals surface area contributed by atoms with Gasteiger partial charge < -0.3 is 9.64 Å². The maximum Gasteiger partial charge on any atom is 0.250 e. The molecule has 0 radical (unpaired) electrons. The number of carbonyl (C=O) groups excluding carboxylic acids is 1. The zero-order valence-corrected chi connectivity index (χ0v) is 10.7. The minimum absolute atomic E-state index is 0.111. The van der Waals surface area contributed by atoms with Gasteiger partial charge in [0.25, 0.3) is 0 Å². The molecule has 1 amide bonds. The van der Waals surface area contributed by atoms with Gasteiger partial charge in [0.2, 0.25) is 5.91 Å². The average molecular weight is 233 g/mol. The first-order chi connectivity index (χ1) is 8.13. The number of nitrogens with zero attached hydrogens (tertiary/aromatic N) is 1. The summed E-state index contributed by atoms with van der Waals surface area (Å²) in [5, 5.41) is 0. The molecule has 1 aliphatic heterocycles. The van der Waals surface area contributed by atoms with Gasteiger partial charge in [-0.1, -0.05) is 12.2 Å². The highest BCUT2D eigenvalue weighted by molar-refractivity contribution is 5.96. The van der Waals surface area contributed by atoms with Crippen LogP contribution < -0.4 is 0 Å². The summed E-state index contributed by atoms with van der Waals surface area (Å²) in [6, 6.07) is 0. The summed E-state index contributed by atoms with van der Waals surface area (Å²) in [5.41, 5.74) is 0.800. The SMILES string of the molecule is C/C=C1/C(=O)N(C)CCC12C=CC(OC)=CC2. The van der Waals surface area contributed by atoms with Crippen molar-refractivity contribution in [1.29, 1.82) is 0 Å². The lowest BCUT2D eigenvalue weighted by atomic mass is 9.69. The number of likely N-dealkylation sites (N-methyl/N-ethyl adjacent to an activating group) is 1. The molecule has 1 spiro atoms. The fourth-order valence-electron chi connectivity index (χ4n) is 2.63. The number of hydrogen-bond acceptors (Lipinski definition) is 2. The lowest BCUT2D eigenvalue weighted by Crippen LogP contribution is -2.43. The van der Waals surface area contributed by atoms with Gasteiger partial charge in [-0.3, -0.25) is 4.79 Å². The van der Waals surface area contributed by atoms with E-state index < -0.39 is 0 Å². The van der Waals surface area contributed by atoms with Gasteiger partial charge in [0.15, 0.2) is 0 Å². The molecule has 0 aromatic carbocycles. The van der Waals surface area contributed by atoms with Crippen LogP contribution in [0.4, 0.5) is 0 Å². The van der Waals surface area contributed by atoms with Crippen molar-refractivity contribution in [3.05, 3.63) is 35.6 Å². The Labute approximate surface area is 102 Å². The molecule has 1 aliphatic carbocycles. The van der Waals surface area contributed by atoms with Gasteiger partial charge >= 0.3 is 0 Å². The molecule has 1 heterocycles. The van der Waals surface area contributed by atoms with Crippen LogP contribution in [0, 0.1) is 5.41 Å². The second-order valence-corrected chi connectivity index (χ2v) is 4.68. The molecule has 0 aromatic rings. The number of piperidine rings is 1. The molecule has 3 nitrogen and oxygen atoms in total. The van der Waals surface area contributed by atoms with Crippen LogP contribution in [0.1, 0.15) is 19.8 Å². The number of amides is 1. The van der Waals surface area contributed by atoms with Crippen LogP contribution in [-0.2, 0) is 9.53 Å². The van der Waals surface area contributed by atoms with Crippen molar-refractivity contribution in [2.45, 2.75) is 19.8 Å². The van der Waals surface area contributed by atoms with Gasteiger partial charge in [-0.05, 0) is 31.9 Å². The normalized spacial score (nSPS) is 31.0. The third-order valence-corrected chi connectivity index (χ3v) is 3.77. The Morgan fingerprint density at radius 3 is 2.82 bits per heavy atom. The topological polar surface area (TPSA) is 29.5 Å². The first-order valence-corrected chi connectivity index (χ1v) is 5.98. The number of methoxy groups -OCH3 is 1. The fraction of sp³-hybridized carbons (Fsp3) is 0.500. The largest absolute Gasteiger partial charge is 0.497 e. The molecule has 1 unspecified atom stereocenters. The third-order valence-electron chi connectivity index (χ3n) is 3.77. The van der Waals surface area contributed by atoms with Crippen molar-refractivity contribution in [3.63, 3.8) is 0 Å². The van der Waals surface area contributed by atoms with Crippen molar-refractivity contribution in [1.82, 2.24) is 4.90 Å². The minimum atomic E-state index is -0.111. The van der Waals surface area contributed by atoms with Crippen molar-refractivity contribution < 1.29 is 9.53 Å². The van der Waals surface area contributed by atoms with Gasteiger partial charge in [-0.2, -0.15) is 0 Å². The number of carbonyl (C=O) groups is 1. The third kappa shape index (κ3) is 1.90. The Morgan fingerprint density at radius 2 is 2.29 bits per heavy atom. The highest BCUT2D eigenvalue weighted by Crippen LogP contribution is 2.43. The number of likely N-dealkylation sites (tertiary alicyclic amines) is 1. The summed E-state index contributed by atoms with van der Waals surface area (Å²) in [4.78, 5) is 13.9. The molecule has 0 N–H and O–H groups in total. The number of rotatable bonds is 1. The van der Waals surface area contributed by atoms with Crippen LogP contribution in [0.15, 0.2) is 35.6 Å². The summed E-state index contributed by atoms with van der Waals surface area (Å²) in [6.07, 6.45) is 9.97. The van der Waals surface area contributed by atoms with E-state index in [1.807, 2.05) is 26.1 Å². The molecule has 0 saturated carbocycles. The van der Waals surface area contributed by atoms with Crippen LogP contribution >= 0.6 is 0 Å². The first-order valence-electron chi connectivity index (χ1n) is 5.98. The average Bonchev–Trinajstić information content (AvgIpc) is 2.36. The Bertz CT molecular complexity index is 420. The molecule has 0 bridgehead atoms. The highest BCUT2D eigenvalue weighted by Gasteiger charge is 2.40. The molecule has 1 saturated heterocycles. The molecule has 2 aliphatic rings. The standard InChI is InChI=1S/C14H19NO2/c1-4-12-13(16)15(2)10-9-14(12)7-5-11(17-3)6-8-14/h4-7H,8-10H2,1-3H3/b12-4-. The summed E-state index contributed by atoms with van der Waals surface area (Å²) in [5.74, 6) is 1.04. The number of ether oxygens (including phenoxy) is 1. The minimum Gasteiger partial charge on any atom is -0.497 e. The van der Waals surface area contributed by atoms with Crippen LogP contribution in [0.2, 0.25) is 0 Å². The Morgan fingerprint density at radius 1 is 1.53 bits per heavy atom. The zero-order valence-electron chi connectivity index (χ0n) is 10.7. The van der Waals surface area contributed by atoms with Gasteiger partial charge in [0.1, 0.15) is 5.76 Å².